The standard InChI is InChI=1S/C12H27N3O2S/c1-12-8-4-7-11-15(12)18(16,17)14-10-6-3-2-5-9-13/h12,14H,2-11,13H2,1H3. The Kier molecular flexibility index (Phi) is 7.14. The van der Waals surface area contributed by atoms with Crippen LogP contribution in [0, 0.1) is 0 Å². The summed E-state index contributed by atoms with van der Waals surface area (Å²) >= 11 is 0. The van der Waals surface area contributed by atoms with Crippen LogP contribution in [0.4, 0.5) is 0 Å². The van der Waals surface area contributed by atoms with E-state index >= 15 is 0 Å². The topological polar surface area (TPSA) is 75.4 Å². The Labute approximate surface area is 111 Å². The summed E-state index contributed by atoms with van der Waals surface area (Å²) < 4.78 is 28.5. The molecule has 1 rings (SSSR count). The van der Waals surface area contributed by atoms with Gasteiger partial charge in [-0.25, -0.2) is 4.72 Å². The minimum Gasteiger partial charge on any atom is -0.330 e. The largest absolute Gasteiger partial charge is 0.330 e. The first-order valence-electron chi connectivity index (χ1n) is 7.04. The van der Waals surface area contributed by atoms with Crippen molar-refractivity contribution >= 4 is 10.2 Å². The first-order valence-corrected chi connectivity index (χ1v) is 8.48. The van der Waals surface area contributed by atoms with Crippen molar-refractivity contribution in [3.8, 4) is 0 Å². The molecule has 0 saturated carbocycles. The van der Waals surface area contributed by atoms with Gasteiger partial charge in [-0.15, -0.1) is 0 Å². The van der Waals surface area contributed by atoms with Crippen LogP contribution >= 0.6 is 0 Å². The lowest BCUT2D eigenvalue weighted by molar-refractivity contribution is 0.265. The molecule has 0 spiro atoms. The molecule has 1 unspecified atom stereocenters. The van der Waals surface area contributed by atoms with Crippen molar-refractivity contribution in [1.29, 1.82) is 0 Å². The van der Waals surface area contributed by atoms with Gasteiger partial charge in [-0.1, -0.05) is 19.3 Å². The molecule has 108 valence electrons. The number of hydrogen-bond donors (Lipinski definition) is 2. The summed E-state index contributed by atoms with van der Waals surface area (Å²) in [5.41, 5.74) is 5.41. The Hall–Kier alpha value is -0.170. The van der Waals surface area contributed by atoms with Crippen molar-refractivity contribution in [2.45, 2.75) is 57.9 Å². The van der Waals surface area contributed by atoms with Gasteiger partial charge >= 0.3 is 0 Å². The second-order valence-electron chi connectivity index (χ2n) is 5.06. The minimum atomic E-state index is -3.27. The van der Waals surface area contributed by atoms with Crippen LogP contribution in [0.15, 0.2) is 0 Å². The van der Waals surface area contributed by atoms with Crippen LogP contribution in [0.1, 0.15) is 51.9 Å². The molecule has 5 nitrogen and oxygen atoms in total. The first-order chi connectivity index (χ1) is 8.58. The third kappa shape index (κ3) is 5.22. The van der Waals surface area contributed by atoms with Gasteiger partial charge in [0.15, 0.2) is 0 Å². The van der Waals surface area contributed by atoms with Crippen LogP contribution in [0.3, 0.4) is 0 Å². The molecule has 1 aliphatic rings. The summed E-state index contributed by atoms with van der Waals surface area (Å²) in [6.07, 6.45) is 7.11. The second-order valence-corrected chi connectivity index (χ2v) is 6.77. The van der Waals surface area contributed by atoms with Crippen molar-refractivity contribution in [2.75, 3.05) is 19.6 Å². The zero-order valence-electron chi connectivity index (χ0n) is 11.4. The van der Waals surface area contributed by atoms with E-state index in [0.29, 0.717) is 13.1 Å². The molecular formula is C12H27N3O2S. The van der Waals surface area contributed by atoms with Crippen LogP contribution in [0.2, 0.25) is 0 Å². The zero-order valence-corrected chi connectivity index (χ0v) is 12.2. The lowest BCUT2D eigenvalue weighted by atomic mass is 10.1. The third-order valence-corrected chi connectivity index (χ3v) is 5.19. The fourth-order valence-corrected chi connectivity index (χ4v) is 3.85. The number of nitrogens with one attached hydrogen (secondary N) is 1. The summed E-state index contributed by atoms with van der Waals surface area (Å²) in [5, 5.41) is 0. The lowest BCUT2D eigenvalue weighted by Crippen LogP contribution is -2.48. The molecule has 0 radical (unpaired) electrons. The highest BCUT2D eigenvalue weighted by Crippen LogP contribution is 2.18. The molecule has 1 aliphatic heterocycles. The van der Waals surface area contributed by atoms with Crippen molar-refractivity contribution in [1.82, 2.24) is 9.03 Å². The zero-order chi connectivity index (χ0) is 13.4. The summed E-state index contributed by atoms with van der Waals surface area (Å²) in [4.78, 5) is 0. The summed E-state index contributed by atoms with van der Waals surface area (Å²) in [6.45, 7) is 3.90. The van der Waals surface area contributed by atoms with Crippen LogP contribution in [-0.2, 0) is 10.2 Å². The SMILES string of the molecule is CC1CCCCN1S(=O)(=O)NCCCCCCN. The molecule has 0 amide bonds. The maximum absolute atomic E-state index is 12.1. The van der Waals surface area contributed by atoms with E-state index in [2.05, 4.69) is 4.72 Å². The number of hydrogen-bond acceptors (Lipinski definition) is 3. The quantitative estimate of drug-likeness (QED) is 0.655. The molecule has 1 atom stereocenters. The van der Waals surface area contributed by atoms with Crippen molar-refractivity contribution in [3.05, 3.63) is 0 Å². The second kappa shape index (κ2) is 8.09. The highest BCUT2D eigenvalue weighted by atomic mass is 32.2. The van der Waals surface area contributed by atoms with E-state index in [-0.39, 0.29) is 6.04 Å². The Morgan fingerprint density at radius 1 is 1.22 bits per heavy atom. The van der Waals surface area contributed by atoms with E-state index in [1.165, 1.54) is 0 Å². The van der Waals surface area contributed by atoms with Gasteiger partial charge in [0, 0.05) is 19.1 Å². The minimum absolute atomic E-state index is 0.133. The normalized spacial score (nSPS) is 22.2. The average molecular weight is 277 g/mol. The smallest absolute Gasteiger partial charge is 0.279 e. The van der Waals surface area contributed by atoms with E-state index in [9.17, 15) is 8.42 Å². The van der Waals surface area contributed by atoms with Gasteiger partial charge in [0.05, 0.1) is 0 Å². The van der Waals surface area contributed by atoms with Gasteiger partial charge in [-0.05, 0) is 39.2 Å². The number of unbranched alkanes of at least 4 members (excludes halogenated alkanes) is 3. The molecule has 0 aliphatic carbocycles. The average Bonchev–Trinajstić information content (AvgIpc) is 2.34. The van der Waals surface area contributed by atoms with E-state index in [0.717, 1.165) is 51.5 Å². The van der Waals surface area contributed by atoms with Gasteiger partial charge in [-0.2, -0.15) is 12.7 Å². The first kappa shape index (κ1) is 15.9. The molecule has 0 aromatic heterocycles. The number of piperidine rings is 1. The van der Waals surface area contributed by atoms with Crippen molar-refractivity contribution < 1.29 is 8.42 Å². The van der Waals surface area contributed by atoms with Crippen LogP contribution in [0.5, 0.6) is 0 Å². The highest BCUT2D eigenvalue weighted by Gasteiger charge is 2.28. The molecule has 0 aromatic rings. The van der Waals surface area contributed by atoms with Crippen LogP contribution in [-0.4, -0.2) is 38.4 Å². The maximum Gasteiger partial charge on any atom is 0.279 e. The van der Waals surface area contributed by atoms with Gasteiger partial charge in [0.25, 0.3) is 10.2 Å². The van der Waals surface area contributed by atoms with Gasteiger partial charge in [0.2, 0.25) is 0 Å². The number of nitrogens with zero attached hydrogens (tertiary/aromatic N) is 1. The summed E-state index contributed by atoms with van der Waals surface area (Å²) in [5.74, 6) is 0. The van der Waals surface area contributed by atoms with Crippen molar-refractivity contribution in [3.63, 3.8) is 0 Å². The van der Waals surface area contributed by atoms with Crippen molar-refractivity contribution in [2.24, 2.45) is 5.73 Å². The molecule has 1 heterocycles. The monoisotopic (exact) mass is 277 g/mol. The Bertz CT molecular complexity index is 319. The summed E-state index contributed by atoms with van der Waals surface area (Å²) in [7, 11) is -3.27. The fraction of sp³-hybridized carbons (Fsp3) is 1.00. The highest BCUT2D eigenvalue weighted by molar-refractivity contribution is 7.87. The van der Waals surface area contributed by atoms with Crippen LogP contribution in [0.25, 0.3) is 0 Å². The molecule has 3 N–H and O–H groups in total. The van der Waals surface area contributed by atoms with E-state index in [4.69, 9.17) is 5.73 Å². The molecule has 0 aromatic carbocycles. The fourth-order valence-electron chi connectivity index (χ4n) is 2.34. The van der Waals surface area contributed by atoms with Gasteiger partial charge in [0.1, 0.15) is 0 Å². The van der Waals surface area contributed by atoms with E-state index < -0.39 is 10.2 Å². The van der Waals surface area contributed by atoms with Crippen LogP contribution < -0.4 is 10.5 Å². The molecular weight excluding hydrogens is 250 g/mol. The predicted molar refractivity (Wildman–Crippen MR) is 74.5 cm³/mol. The molecule has 1 fully saturated rings. The number of nitrogens with two attached hydrogens (primary N) is 1. The maximum atomic E-state index is 12.1. The molecule has 0 bridgehead atoms. The number of rotatable bonds is 8. The third-order valence-electron chi connectivity index (χ3n) is 3.47. The summed E-state index contributed by atoms with van der Waals surface area (Å²) in [6, 6.07) is 0.133. The Balaban J connectivity index is 2.26. The predicted octanol–water partition coefficient (Wildman–Crippen LogP) is 1.21. The molecule has 18 heavy (non-hydrogen) atoms. The Morgan fingerprint density at radius 3 is 2.61 bits per heavy atom. The van der Waals surface area contributed by atoms with Gasteiger partial charge in [-0.3, -0.25) is 0 Å². The molecule has 1 saturated heterocycles. The van der Waals surface area contributed by atoms with E-state index in [1.54, 1.807) is 4.31 Å². The Morgan fingerprint density at radius 2 is 1.94 bits per heavy atom. The van der Waals surface area contributed by atoms with Gasteiger partial charge < -0.3 is 5.73 Å². The lowest BCUT2D eigenvalue weighted by Gasteiger charge is -2.32. The molecule has 6 heteroatoms. The van der Waals surface area contributed by atoms with E-state index in [1.807, 2.05) is 6.92 Å².